The molecule has 1 amide bonds. The molecule has 0 aromatic heterocycles. The molecule has 2 N–H and O–H groups in total. The van der Waals surface area contributed by atoms with Crippen molar-refractivity contribution in [1.29, 1.82) is 0 Å². The molecule has 1 unspecified atom stereocenters. The molecule has 70 valence electrons. The Hall–Kier alpha value is -1.26. The van der Waals surface area contributed by atoms with E-state index in [1.165, 1.54) is 4.90 Å². The van der Waals surface area contributed by atoms with E-state index in [9.17, 15) is 4.79 Å². The molecule has 0 aromatic rings. The van der Waals surface area contributed by atoms with E-state index in [1.807, 2.05) is 6.92 Å². The molecule has 0 aromatic carbocycles. The molecular weight excluding hydrogens is 162 g/mol. The maximum absolute atomic E-state index is 10.3. The lowest BCUT2D eigenvalue weighted by Crippen LogP contribution is -2.31. The van der Waals surface area contributed by atoms with Gasteiger partial charge in [0.2, 0.25) is 0 Å². The van der Waals surface area contributed by atoms with Crippen LogP contribution in [0, 0.1) is 0 Å². The van der Waals surface area contributed by atoms with E-state index in [2.05, 4.69) is 0 Å². The van der Waals surface area contributed by atoms with Gasteiger partial charge in [0.15, 0.2) is 0 Å². The molecule has 5 nitrogen and oxygen atoms in total. The van der Waals surface area contributed by atoms with Crippen LogP contribution in [0.15, 0.2) is 0 Å². The number of rotatable bonds is 0. The number of nitrogens with zero attached hydrogens (tertiary/aromatic N) is 1. The molecule has 12 heavy (non-hydrogen) atoms. The second-order valence-corrected chi connectivity index (χ2v) is 2.57. The van der Waals surface area contributed by atoms with Gasteiger partial charge in [-0.1, -0.05) is 0 Å². The number of carboxylic acid groups (broad SMARTS) is 2. The Labute approximate surface area is 70.6 Å². The van der Waals surface area contributed by atoms with Crippen LogP contribution in [-0.2, 0) is 4.79 Å². The van der Waals surface area contributed by atoms with Gasteiger partial charge in [0.25, 0.3) is 6.47 Å². The number of hydrogen-bond donors (Lipinski definition) is 2. The van der Waals surface area contributed by atoms with Crippen molar-refractivity contribution >= 4 is 12.6 Å². The Morgan fingerprint density at radius 2 is 2.17 bits per heavy atom. The summed E-state index contributed by atoms with van der Waals surface area (Å²) in [4.78, 5) is 20.2. The molecule has 1 aliphatic heterocycles. The van der Waals surface area contributed by atoms with Gasteiger partial charge in [0.1, 0.15) is 0 Å². The highest BCUT2D eigenvalue weighted by Crippen LogP contribution is 2.15. The average molecular weight is 175 g/mol. The minimum Gasteiger partial charge on any atom is -0.483 e. The molecule has 5 heteroatoms. The number of carbonyl (C=O) groups is 2. The third-order valence-electron chi connectivity index (χ3n) is 1.80. The minimum atomic E-state index is -0.778. The quantitative estimate of drug-likeness (QED) is 0.535. The summed E-state index contributed by atoms with van der Waals surface area (Å²) in [6, 6.07) is 0.238. The van der Waals surface area contributed by atoms with E-state index in [1.54, 1.807) is 0 Å². The first kappa shape index (κ1) is 10.7. The first-order chi connectivity index (χ1) is 5.63. The van der Waals surface area contributed by atoms with E-state index >= 15 is 0 Å². The van der Waals surface area contributed by atoms with Gasteiger partial charge in [-0.15, -0.1) is 0 Å². The Bertz CT molecular complexity index is 159. The van der Waals surface area contributed by atoms with Crippen LogP contribution in [0.2, 0.25) is 0 Å². The van der Waals surface area contributed by atoms with Gasteiger partial charge in [-0.2, -0.15) is 0 Å². The van der Waals surface area contributed by atoms with Crippen LogP contribution in [0.25, 0.3) is 0 Å². The van der Waals surface area contributed by atoms with Crippen LogP contribution in [0.1, 0.15) is 19.8 Å². The molecule has 1 atom stereocenters. The third-order valence-corrected chi connectivity index (χ3v) is 1.80. The van der Waals surface area contributed by atoms with Gasteiger partial charge in [-0.3, -0.25) is 4.79 Å². The molecule has 0 aliphatic carbocycles. The summed E-state index contributed by atoms with van der Waals surface area (Å²) in [5.41, 5.74) is 0. The van der Waals surface area contributed by atoms with Crippen LogP contribution in [-0.4, -0.2) is 40.3 Å². The summed E-state index contributed by atoms with van der Waals surface area (Å²) in [7, 11) is 0. The van der Waals surface area contributed by atoms with Crippen molar-refractivity contribution in [3.8, 4) is 0 Å². The van der Waals surface area contributed by atoms with Gasteiger partial charge in [0, 0.05) is 12.6 Å². The highest BCUT2D eigenvalue weighted by molar-refractivity contribution is 5.65. The van der Waals surface area contributed by atoms with E-state index in [-0.39, 0.29) is 12.5 Å². The molecule has 1 heterocycles. The summed E-state index contributed by atoms with van der Waals surface area (Å²) in [6.45, 7) is 2.41. The Kier molecular flexibility index (Phi) is 4.83. The van der Waals surface area contributed by atoms with Gasteiger partial charge in [-0.25, -0.2) is 4.79 Å². The SMILES string of the molecule is CC1CCCN1C(=O)O.O=CO. The fraction of sp³-hybridized carbons (Fsp3) is 0.714. The average Bonchev–Trinajstić information content (AvgIpc) is 2.36. The van der Waals surface area contributed by atoms with Crippen molar-refractivity contribution in [3.63, 3.8) is 0 Å². The first-order valence-electron chi connectivity index (χ1n) is 3.71. The predicted octanol–water partition coefficient (Wildman–Crippen LogP) is 0.850. The second-order valence-electron chi connectivity index (χ2n) is 2.57. The zero-order valence-corrected chi connectivity index (χ0v) is 6.93. The molecule has 1 fully saturated rings. The molecule has 1 saturated heterocycles. The molecule has 0 saturated carbocycles. The van der Waals surface area contributed by atoms with E-state index in [4.69, 9.17) is 15.0 Å². The van der Waals surface area contributed by atoms with Crippen molar-refractivity contribution in [1.82, 2.24) is 4.90 Å². The summed E-state index contributed by atoms with van der Waals surface area (Å²) in [6.07, 6.45) is 1.26. The van der Waals surface area contributed by atoms with Crippen LogP contribution < -0.4 is 0 Å². The largest absolute Gasteiger partial charge is 0.483 e. The highest BCUT2D eigenvalue weighted by Gasteiger charge is 2.23. The molecule has 0 radical (unpaired) electrons. The summed E-state index contributed by atoms with van der Waals surface area (Å²) >= 11 is 0. The van der Waals surface area contributed by atoms with Gasteiger partial charge in [0.05, 0.1) is 0 Å². The number of likely N-dealkylation sites (tertiary alicyclic amines) is 1. The van der Waals surface area contributed by atoms with E-state index < -0.39 is 6.09 Å². The standard InChI is InChI=1S/C6H11NO2.CH2O2/c1-5-3-2-4-7(5)6(8)9;2-1-3/h5H,2-4H2,1H3,(H,8,9);1H,(H,2,3). The molecule has 1 rings (SSSR count). The first-order valence-corrected chi connectivity index (χ1v) is 3.71. The third kappa shape index (κ3) is 3.23. The monoisotopic (exact) mass is 175 g/mol. The van der Waals surface area contributed by atoms with Crippen molar-refractivity contribution < 1.29 is 19.8 Å². The van der Waals surface area contributed by atoms with Crippen LogP contribution in [0.3, 0.4) is 0 Å². The maximum Gasteiger partial charge on any atom is 0.407 e. The Balaban J connectivity index is 0.000000354. The van der Waals surface area contributed by atoms with Gasteiger partial charge >= 0.3 is 6.09 Å². The van der Waals surface area contributed by atoms with Crippen LogP contribution in [0.5, 0.6) is 0 Å². The zero-order chi connectivity index (χ0) is 9.56. The smallest absolute Gasteiger partial charge is 0.407 e. The summed E-state index contributed by atoms with van der Waals surface area (Å²) in [5.74, 6) is 0. The van der Waals surface area contributed by atoms with Crippen molar-refractivity contribution in [2.24, 2.45) is 0 Å². The van der Waals surface area contributed by atoms with Crippen molar-refractivity contribution in [2.75, 3.05) is 6.54 Å². The minimum absolute atomic E-state index is 0.238. The van der Waals surface area contributed by atoms with E-state index in [0.29, 0.717) is 0 Å². The zero-order valence-electron chi connectivity index (χ0n) is 6.93. The van der Waals surface area contributed by atoms with Crippen molar-refractivity contribution in [2.45, 2.75) is 25.8 Å². The van der Waals surface area contributed by atoms with Gasteiger partial charge in [-0.05, 0) is 19.8 Å². The fourth-order valence-electron chi connectivity index (χ4n) is 1.22. The number of hydrogen-bond acceptors (Lipinski definition) is 2. The summed E-state index contributed by atoms with van der Waals surface area (Å²) < 4.78 is 0. The normalized spacial score (nSPS) is 21.1. The van der Waals surface area contributed by atoms with Crippen molar-refractivity contribution in [3.05, 3.63) is 0 Å². The predicted molar refractivity (Wildman–Crippen MR) is 42.1 cm³/mol. The lowest BCUT2D eigenvalue weighted by atomic mass is 10.2. The second kappa shape index (κ2) is 5.40. The Morgan fingerprint density at radius 3 is 2.33 bits per heavy atom. The maximum atomic E-state index is 10.3. The molecule has 0 bridgehead atoms. The molecular formula is C7H13NO4. The topological polar surface area (TPSA) is 77.8 Å². The number of amides is 1. The highest BCUT2D eigenvalue weighted by atomic mass is 16.4. The fourth-order valence-corrected chi connectivity index (χ4v) is 1.22. The van der Waals surface area contributed by atoms with Gasteiger partial charge < -0.3 is 15.1 Å². The molecule has 0 spiro atoms. The lowest BCUT2D eigenvalue weighted by molar-refractivity contribution is -0.122. The van der Waals surface area contributed by atoms with Crippen LogP contribution >= 0.6 is 0 Å². The summed E-state index contributed by atoms with van der Waals surface area (Å²) in [5, 5.41) is 15.4. The molecule has 1 aliphatic rings. The Morgan fingerprint density at radius 1 is 1.67 bits per heavy atom. The van der Waals surface area contributed by atoms with E-state index in [0.717, 1.165) is 19.4 Å². The van der Waals surface area contributed by atoms with Crippen LogP contribution in [0.4, 0.5) is 4.79 Å². The lowest BCUT2D eigenvalue weighted by Gasteiger charge is -2.16.